The van der Waals surface area contributed by atoms with E-state index in [1.54, 1.807) is 37.2 Å². The monoisotopic (exact) mass is 436 g/mol. The smallest absolute Gasteiger partial charge is 0.260 e. The molecule has 0 saturated heterocycles. The van der Waals surface area contributed by atoms with Crippen LogP contribution in [0.3, 0.4) is 0 Å². The molecule has 2 amide bonds. The number of amides is 2. The summed E-state index contributed by atoms with van der Waals surface area (Å²) in [4.78, 5) is 27.4. The van der Waals surface area contributed by atoms with Crippen LogP contribution >= 0.6 is 15.9 Å². The van der Waals surface area contributed by atoms with Gasteiger partial charge < -0.3 is 14.5 Å². The first-order chi connectivity index (χ1) is 12.8. The van der Waals surface area contributed by atoms with Crippen molar-refractivity contribution in [1.82, 2.24) is 9.80 Å². The molecule has 0 aliphatic carbocycles. The van der Waals surface area contributed by atoms with Crippen molar-refractivity contribution in [2.45, 2.75) is 13.5 Å². The highest BCUT2D eigenvalue weighted by Crippen LogP contribution is 2.21. The maximum absolute atomic E-state index is 13.8. The van der Waals surface area contributed by atoms with Crippen LogP contribution in [0.2, 0.25) is 0 Å². The van der Waals surface area contributed by atoms with Gasteiger partial charge in [0.25, 0.3) is 11.8 Å². The van der Waals surface area contributed by atoms with Crippen LogP contribution in [-0.4, -0.2) is 48.9 Å². The first kappa shape index (κ1) is 20.9. The summed E-state index contributed by atoms with van der Waals surface area (Å²) < 4.78 is 19.7. The summed E-state index contributed by atoms with van der Waals surface area (Å²) in [5, 5.41) is 0. The quantitative estimate of drug-likeness (QED) is 0.664. The van der Waals surface area contributed by atoms with Gasteiger partial charge in [-0.25, -0.2) is 4.39 Å². The highest BCUT2D eigenvalue weighted by atomic mass is 79.9. The number of likely N-dealkylation sites (N-methyl/N-ethyl adjacent to an activating group) is 1. The van der Waals surface area contributed by atoms with Crippen molar-refractivity contribution >= 4 is 27.7 Å². The van der Waals surface area contributed by atoms with E-state index in [2.05, 4.69) is 15.9 Å². The number of benzene rings is 2. The third-order valence-electron chi connectivity index (χ3n) is 3.96. The SMILES string of the molecule is CCN(Cc1ccc(C(=O)N(C)C)cc1)C(=O)COc1ccc(Br)cc1F. The van der Waals surface area contributed by atoms with E-state index < -0.39 is 5.82 Å². The molecule has 0 N–H and O–H groups in total. The summed E-state index contributed by atoms with van der Waals surface area (Å²) in [5.74, 6) is -0.807. The number of rotatable bonds is 7. The van der Waals surface area contributed by atoms with Gasteiger partial charge in [-0.2, -0.15) is 0 Å². The van der Waals surface area contributed by atoms with E-state index in [4.69, 9.17) is 4.74 Å². The molecule has 0 heterocycles. The summed E-state index contributed by atoms with van der Waals surface area (Å²) in [6.45, 7) is 2.49. The van der Waals surface area contributed by atoms with Gasteiger partial charge in [0.2, 0.25) is 0 Å². The summed E-state index contributed by atoms with van der Waals surface area (Å²) >= 11 is 3.18. The Labute approximate surface area is 166 Å². The summed E-state index contributed by atoms with van der Waals surface area (Å²) in [6, 6.07) is 11.5. The molecule has 2 aromatic rings. The van der Waals surface area contributed by atoms with E-state index in [1.165, 1.54) is 17.0 Å². The lowest BCUT2D eigenvalue weighted by atomic mass is 10.1. The maximum atomic E-state index is 13.8. The molecule has 0 spiro atoms. The lowest BCUT2D eigenvalue weighted by Gasteiger charge is -2.21. The van der Waals surface area contributed by atoms with E-state index in [-0.39, 0.29) is 24.2 Å². The molecule has 2 rings (SSSR count). The molecule has 0 fully saturated rings. The molecule has 0 aliphatic heterocycles. The predicted octanol–water partition coefficient (Wildman–Crippen LogP) is 3.72. The van der Waals surface area contributed by atoms with Crippen LogP contribution in [0.5, 0.6) is 5.75 Å². The van der Waals surface area contributed by atoms with Crippen LogP contribution in [-0.2, 0) is 11.3 Å². The second-order valence-corrected chi connectivity index (χ2v) is 7.08. The zero-order valence-electron chi connectivity index (χ0n) is 15.5. The number of hydrogen-bond donors (Lipinski definition) is 0. The van der Waals surface area contributed by atoms with Crippen molar-refractivity contribution < 1.29 is 18.7 Å². The first-order valence-electron chi connectivity index (χ1n) is 8.48. The number of carbonyl (C=O) groups excluding carboxylic acids is 2. The van der Waals surface area contributed by atoms with E-state index in [1.807, 2.05) is 19.1 Å². The van der Waals surface area contributed by atoms with E-state index in [0.29, 0.717) is 23.1 Å². The second-order valence-electron chi connectivity index (χ2n) is 6.17. The second kappa shape index (κ2) is 9.50. The standard InChI is InChI=1S/C20H22BrFN2O3/c1-4-24(12-14-5-7-15(8-6-14)20(26)23(2)3)19(25)13-27-18-10-9-16(21)11-17(18)22/h5-11H,4,12-13H2,1-3H3. The minimum Gasteiger partial charge on any atom is -0.481 e. The third kappa shape index (κ3) is 5.79. The van der Waals surface area contributed by atoms with Crippen LogP contribution in [0.4, 0.5) is 4.39 Å². The van der Waals surface area contributed by atoms with E-state index in [9.17, 15) is 14.0 Å². The predicted molar refractivity (Wildman–Crippen MR) is 105 cm³/mol. The Morgan fingerprint density at radius 1 is 1.11 bits per heavy atom. The Bertz CT molecular complexity index is 809. The van der Waals surface area contributed by atoms with Gasteiger partial charge in [0, 0.05) is 37.2 Å². The highest BCUT2D eigenvalue weighted by Gasteiger charge is 2.15. The fourth-order valence-electron chi connectivity index (χ4n) is 2.43. The van der Waals surface area contributed by atoms with Gasteiger partial charge >= 0.3 is 0 Å². The van der Waals surface area contributed by atoms with Gasteiger partial charge in [-0.15, -0.1) is 0 Å². The molecule has 7 heteroatoms. The molecule has 0 bridgehead atoms. The van der Waals surface area contributed by atoms with Gasteiger partial charge in [0.15, 0.2) is 18.2 Å². The molecular weight excluding hydrogens is 415 g/mol. The van der Waals surface area contributed by atoms with Gasteiger partial charge in [0.1, 0.15) is 0 Å². The van der Waals surface area contributed by atoms with Crippen molar-refractivity contribution in [2.75, 3.05) is 27.2 Å². The van der Waals surface area contributed by atoms with Crippen LogP contribution in [0.1, 0.15) is 22.8 Å². The summed E-state index contributed by atoms with van der Waals surface area (Å²) in [6.07, 6.45) is 0. The molecule has 0 unspecified atom stereocenters. The molecule has 2 aromatic carbocycles. The molecule has 0 atom stereocenters. The van der Waals surface area contributed by atoms with Crippen LogP contribution in [0, 0.1) is 5.82 Å². The molecule has 0 saturated carbocycles. The zero-order chi connectivity index (χ0) is 20.0. The lowest BCUT2D eigenvalue weighted by Crippen LogP contribution is -2.34. The van der Waals surface area contributed by atoms with Gasteiger partial charge in [-0.1, -0.05) is 28.1 Å². The topological polar surface area (TPSA) is 49.9 Å². The third-order valence-corrected chi connectivity index (χ3v) is 4.45. The number of hydrogen-bond acceptors (Lipinski definition) is 3. The van der Waals surface area contributed by atoms with Crippen molar-refractivity contribution in [3.05, 3.63) is 63.9 Å². The Kier molecular flexibility index (Phi) is 7.36. The number of halogens is 2. The molecule has 0 aromatic heterocycles. The van der Waals surface area contributed by atoms with Crippen LogP contribution in [0.25, 0.3) is 0 Å². The van der Waals surface area contributed by atoms with E-state index >= 15 is 0 Å². The molecule has 0 aliphatic rings. The molecule has 0 radical (unpaired) electrons. The Balaban J connectivity index is 1.97. The average Bonchev–Trinajstić information content (AvgIpc) is 2.65. The molecule has 5 nitrogen and oxygen atoms in total. The van der Waals surface area contributed by atoms with Crippen LogP contribution < -0.4 is 4.74 Å². The highest BCUT2D eigenvalue weighted by molar-refractivity contribution is 9.10. The molecular formula is C20H22BrFN2O3. The van der Waals surface area contributed by atoms with Gasteiger partial charge in [0.05, 0.1) is 0 Å². The summed E-state index contributed by atoms with van der Waals surface area (Å²) in [5.41, 5.74) is 1.49. The van der Waals surface area contributed by atoms with Crippen molar-refractivity contribution in [2.24, 2.45) is 0 Å². The van der Waals surface area contributed by atoms with E-state index in [0.717, 1.165) is 5.56 Å². The normalized spacial score (nSPS) is 10.4. The largest absolute Gasteiger partial charge is 0.481 e. The van der Waals surface area contributed by atoms with Crippen LogP contribution in [0.15, 0.2) is 46.9 Å². The lowest BCUT2D eigenvalue weighted by molar-refractivity contribution is -0.133. The van der Waals surface area contributed by atoms with Crippen molar-refractivity contribution in [3.63, 3.8) is 0 Å². The Morgan fingerprint density at radius 2 is 1.78 bits per heavy atom. The average molecular weight is 437 g/mol. The van der Waals surface area contributed by atoms with Gasteiger partial charge in [-0.3, -0.25) is 9.59 Å². The maximum Gasteiger partial charge on any atom is 0.260 e. The Morgan fingerprint density at radius 3 is 2.33 bits per heavy atom. The first-order valence-corrected chi connectivity index (χ1v) is 9.27. The number of ether oxygens (including phenoxy) is 1. The minimum absolute atomic E-state index is 0.0363. The molecule has 144 valence electrons. The zero-order valence-corrected chi connectivity index (χ0v) is 17.1. The van der Waals surface area contributed by atoms with Crippen molar-refractivity contribution in [3.8, 4) is 5.75 Å². The van der Waals surface area contributed by atoms with Crippen molar-refractivity contribution in [1.29, 1.82) is 0 Å². The van der Waals surface area contributed by atoms with Gasteiger partial charge in [-0.05, 0) is 42.8 Å². The Hall–Kier alpha value is -2.41. The fraction of sp³-hybridized carbons (Fsp3) is 0.300. The summed E-state index contributed by atoms with van der Waals surface area (Å²) in [7, 11) is 3.39. The molecule has 27 heavy (non-hydrogen) atoms. The number of carbonyl (C=O) groups is 2. The minimum atomic E-state index is -0.527. The number of nitrogens with zero attached hydrogens (tertiary/aromatic N) is 2. The fourth-order valence-corrected chi connectivity index (χ4v) is 2.76.